The smallest absolute Gasteiger partial charge is 0.332 e. The standard InChI is InChI=1S/C19H22N4O3/c1-4-13-5-7-14(8-6-13)11-20-16(24)12-23-10-9-15-17(23)21(2)19(26)22(3)18(15)25/h5-10H,4,11-12H2,1-3H3,(H,20,24). The molecule has 26 heavy (non-hydrogen) atoms. The minimum Gasteiger partial charge on any atom is -0.350 e. The van der Waals surface area contributed by atoms with Gasteiger partial charge in [-0.15, -0.1) is 0 Å². The Hall–Kier alpha value is -3.09. The third kappa shape index (κ3) is 3.20. The lowest BCUT2D eigenvalue weighted by Crippen LogP contribution is -2.37. The third-order valence-electron chi connectivity index (χ3n) is 4.60. The number of hydrogen-bond acceptors (Lipinski definition) is 3. The largest absolute Gasteiger partial charge is 0.350 e. The molecule has 0 aliphatic carbocycles. The van der Waals surface area contributed by atoms with Crippen LogP contribution in [0.4, 0.5) is 0 Å². The molecule has 0 bridgehead atoms. The lowest BCUT2D eigenvalue weighted by Gasteiger charge is -2.10. The van der Waals surface area contributed by atoms with Crippen molar-refractivity contribution < 1.29 is 4.79 Å². The summed E-state index contributed by atoms with van der Waals surface area (Å²) in [5.74, 6) is -0.185. The van der Waals surface area contributed by atoms with E-state index in [9.17, 15) is 14.4 Å². The molecule has 0 radical (unpaired) electrons. The van der Waals surface area contributed by atoms with Gasteiger partial charge in [-0.05, 0) is 23.6 Å². The molecule has 1 aromatic carbocycles. The number of carbonyl (C=O) groups is 1. The molecule has 2 heterocycles. The van der Waals surface area contributed by atoms with E-state index in [1.807, 2.05) is 24.3 Å². The van der Waals surface area contributed by atoms with Gasteiger partial charge in [-0.3, -0.25) is 18.7 Å². The molecule has 1 N–H and O–H groups in total. The van der Waals surface area contributed by atoms with Crippen LogP contribution in [0.2, 0.25) is 0 Å². The van der Waals surface area contributed by atoms with E-state index >= 15 is 0 Å². The van der Waals surface area contributed by atoms with Gasteiger partial charge in [-0.25, -0.2) is 4.79 Å². The number of fused-ring (bicyclic) bond motifs is 1. The Morgan fingerprint density at radius 1 is 1.00 bits per heavy atom. The summed E-state index contributed by atoms with van der Waals surface area (Å²) < 4.78 is 4.06. The summed E-state index contributed by atoms with van der Waals surface area (Å²) in [7, 11) is 3.03. The van der Waals surface area contributed by atoms with E-state index in [4.69, 9.17) is 0 Å². The van der Waals surface area contributed by atoms with Gasteiger partial charge in [0.25, 0.3) is 5.56 Å². The van der Waals surface area contributed by atoms with E-state index in [-0.39, 0.29) is 18.0 Å². The molecule has 7 nitrogen and oxygen atoms in total. The van der Waals surface area contributed by atoms with Crippen LogP contribution in [0.5, 0.6) is 0 Å². The summed E-state index contributed by atoms with van der Waals surface area (Å²) in [6, 6.07) is 9.72. The number of rotatable bonds is 5. The van der Waals surface area contributed by atoms with Crippen LogP contribution < -0.4 is 16.6 Å². The first-order chi connectivity index (χ1) is 12.4. The highest BCUT2D eigenvalue weighted by atomic mass is 16.2. The summed E-state index contributed by atoms with van der Waals surface area (Å²) in [6.45, 7) is 2.57. The highest BCUT2D eigenvalue weighted by Gasteiger charge is 2.14. The van der Waals surface area contributed by atoms with Crippen molar-refractivity contribution in [3.8, 4) is 0 Å². The summed E-state index contributed by atoms with van der Waals surface area (Å²) in [4.78, 5) is 36.6. The Balaban J connectivity index is 1.77. The molecule has 0 atom stereocenters. The lowest BCUT2D eigenvalue weighted by atomic mass is 10.1. The van der Waals surface area contributed by atoms with Gasteiger partial charge in [0.1, 0.15) is 12.2 Å². The van der Waals surface area contributed by atoms with E-state index in [0.717, 1.165) is 16.6 Å². The van der Waals surface area contributed by atoms with Crippen LogP contribution in [0.25, 0.3) is 11.0 Å². The number of nitrogens with one attached hydrogen (secondary N) is 1. The van der Waals surface area contributed by atoms with Crippen molar-refractivity contribution in [3.05, 3.63) is 68.5 Å². The molecule has 0 unspecified atom stereocenters. The van der Waals surface area contributed by atoms with Crippen molar-refractivity contribution in [1.29, 1.82) is 0 Å². The topological polar surface area (TPSA) is 78.0 Å². The molecular weight excluding hydrogens is 332 g/mol. The molecule has 3 aromatic rings. The van der Waals surface area contributed by atoms with Crippen LogP contribution in [0.1, 0.15) is 18.1 Å². The molecule has 136 valence electrons. The van der Waals surface area contributed by atoms with Crippen molar-refractivity contribution in [1.82, 2.24) is 19.0 Å². The van der Waals surface area contributed by atoms with Gasteiger partial charge in [0.2, 0.25) is 5.91 Å². The van der Waals surface area contributed by atoms with E-state index in [0.29, 0.717) is 17.6 Å². The average molecular weight is 354 g/mol. The molecule has 0 spiro atoms. The highest BCUT2D eigenvalue weighted by molar-refractivity contribution is 5.80. The number of aromatic nitrogens is 3. The molecule has 1 amide bonds. The molecule has 0 aliphatic rings. The van der Waals surface area contributed by atoms with Crippen molar-refractivity contribution >= 4 is 16.9 Å². The molecular formula is C19H22N4O3. The van der Waals surface area contributed by atoms with Gasteiger partial charge >= 0.3 is 5.69 Å². The predicted octanol–water partition coefficient (Wildman–Crippen LogP) is 0.917. The summed E-state index contributed by atoms with van der Waals surface area (Å²) in [5.41, 5.74) is 1.94. The first-order valence-corrected chi connectivity index (χ1v) is 8.51. The second-order valence-corrected chi connectivity index (χ2v) is 6.33. The van der Waals surface area contributed by atoms with Crippen LogP contribution in [-0.2, 0) is 38.4 Å². The Kier molecular flexibility index (Phi) is 4.79. The van der Waals surface area contributed by atoms with Gasteiger partial charge < -0.3 is 9.88 Å². The van der Waals surface area contributed by atoms with Crippen molar-refractivity contribution in [2.24, 2.45) is 14.1 Å². The van der Waals surface area contributed by atoms with Gasteiger partial charge in [-0.1, -0.05) is 31.2 Å². The molecule has 0 saturated heterocycles. The molecule has 2 aromatic heterocycles. The molecule has 0 fully saturated rings. The van der Waals surface area contributed by atoms with Gasteiger partial charge in [0, 0.05) is 26.8 Å². The Bertz CT molecular complexity index is 1070. The van der Waals surface area contributed by atoms with Crippen LogP contribution in [-0.4, -0.2) is 19.6 Å². The van der Waals surface area contributed by atoms with Crippen LogP contribution in [0.3, 0.4) is 0 Å². The summed E-state index contributed by atoms with van der Waals surface area (Å²) in [6.07, 6.45) is 2.63. The Morgan fingerprint density at radius 2 is 1.65 bits per heavy atom. The van der Waals surface area contributed by atoms with E-state index in [2.05, 4.69) is 12.2 Å². The fourth-order valence-corrected chi connectivity index (χ4v) is 3.02. The number of benzene rings is 1. The van der Waals surface area contributed by atoms with Gasteiger partial charge in [-0.2, -0.15) is 0 Å². The van der Waals surface area contributed by atoms with Crippen molar-refractivity contribution in [2.75, 3.05) is 0 Å². The maximum absolute atomic E-state index is 12.3. The zero-order valence-corrected chi connectivity index (χ0v) is 15.2. The van der Waals surface area contributed by atoms with Gasteiger partial charge in [0.05, 0.1) is 5.39 Å². The van der Waals surface area contributed by atoms with Crippen LogP contribution in [0, 0.1) is 0 Å². The second-order valence-electron chi connectivity index (χ2n) is 6.33. The molecule has 0 aliphatic heterocycles. The number of amides is 1. The first-order valence-electron chi connectivity index (χ1n) is 8.51. The second kappa shape index (κ2) is 7.03. The number of hydrogen-bond donors (Lipinski definition) is 1. The molecule has 3 rings (SSSR count). The number of aryl methyl sites for hydroxylation is 2. The number of carbonyl (C=O) groups excluding carboxylic acids is 1. The van der Waals surface area contributed by atoms with Crippen LogP contribution >= 0.6 is 0 Å². The van der Waals surface area contributed by atoms with Crippen molar-refractivity contribution in [3.63, 3.8) is 0 Å². The monoisotopic (exact) mass is 354 g/mol. The number of nitrogens with zero attached hydrogens (tertiary/aromatic N) is 3. The van der Waals surface area contributed by atoms with E-state index in [1.54, 1.807) is 23.9 Å². The highest BCUT2D eigenvalue weighted by Crippen LogP contribution is 2.09. The SMILES string of the molecule is CCc1ccc(CNC(=O)Cn2ccc3c(=O)n(C)c(=O)n(C)c32)cc1. The minimum atomic E-state index is -0.418. The summed E-state index contributed by atoms with van der Waals surface area (Å²) in [5, 5.41) is 3.28. The minimum absolute atomic E-state index is 0.0387. The normalized spacial score (nSPS) is 11.0. The lowest BCUT2D eigenvalue weighted by molar-refractivity contribution is -0.121. The quantitative estimate of drug-likeness (QED) is 0.740. The Morgan fingerprint density at radius 3 is 2.31 bits per heavy atom. The fourth-order valence-electron chi connectivity index (χ4n) is 3.02. The van der Waals surface area contributed by atoms with Gasteiger partial charge in [0.15, 0.2) is 0 Å². The first kappa shape index (κ1) is 17.7. The molecule has 7 heteroatoms. The maximum Gasteiger partial charge on any atom is 0.332 e. The zero-order valence-electron chi connectivity index (χ0n) is 15.2. The zero-order chi connectivity index (χ0) is 18.8. The van der Waals surface area contributed by atoms with E-state index < -0.39 is 5.69 Å². The van der Waals surface area contributed by atoms with E-state index in [1.165, 1.54) is 17.2 Å². The predicted molar refractivity (Wildman–Crippen MR) is 100 cm³/mol. The summed E-state index contributed by atoms with van der Waals surface area (Å²) >= 11 is 0. The average Bonchev–Trinajstić information content (AvgIpc) is 3.07. The fraction of sp³-hybridized carbons (Fsp3) is 0.316. The maximum atomic E-state index is 12.3. The van der Waals surface area contributed by atoms with Crippen molar-refractivity contribution in [2.45, 2.75) is 26.4 Å². The molecule has 0 saturated carbocycles. The third-order valence-corrected chi connectivity index (χ3v) is 4.60. The Labute approximate surface area is 150 Å². The van der Waals surface area contributed by atoms with Crippen LogP contribution in [0.15, 0.2) is 46.1 Å².